The molecule has 1 fully saturated rings. The van der Waals surface area contributed by atoms with Gasteiger partial charge in [-0.25, -0.2) is 4.79 Å². The van der Waals surface area contributed by atoms with Crippen molar-refractivity contribution in [3.8, 4) is 17.2 Å². The Morgan fingerprint density at radius 3 is 2.96 bits per heavy atom. The number of benzene rings is 1. The van der Waals surface area contributed by atoms with Crippen molar-refractivity contribution in [1.82, 2.24) is 19.9 Å². The van der Waals surface area contributed by atoms with E-state index in [1.54, 1.807) is 12.0 Å². The maximum Gasteiger partial charge on any atom is 0.410 e. The third-order valence-electron chi connectivity index (χ3n) is 4.36. The number of hydrogen-bond acceptors (Lipinski definition) is 7. The van der Waals surface area contributed by atoms with Crippen LogP contribution in [0, 0.1) is 0 Å². The molecule has 1 atom stereocenters. The average Bonchev–Trinajstić information content (AvgIpc) is 3.10. The molecule has 8 nitrogen and oxygen atoms in total. The lowest BCUT2D eigenvalue weighted by Crippen LogP contribution is -2.53. The molecule has 0 aliphatic carbocycles. The molecule has 8 heteroatoms. The maximum absolute atomic E-state index is 11.9. The molecule has 26 heavy (non-hydrogen) atoms. The number of rotatable bonds is 5. The lowest BCUT2D eigenvalue weighted by Gasteiger charge is -2.38. The van der Waals surface area contributed by atoms with E-state index in [-0.39, 0.29) is 12.1 Å². The topological polar surface area (TPSA) is 80.9 Å². The second-order valence-electron chi connectivity index (χ2n) is 6.22. The molecule has 1 amide bonds. The summed E-state index contributed by atoms with van der Waals surface area (Å²) in [4.78, 5) is 20.4. The molecule has 1 aromatic carbocycles. The van der Waals surface area contributed by atoms with Crippen LogP contribution in [0.5, 0.6) is 5.75 Å². The summed E-state index contributed by atoms with van der Waals surface area (Å²) in [5.74, 6) is 1.84. The van der Waals surface area contributed by atoms with Crippen LogP contribution >= 0.6 is 0 Å². The minimum Gasteiger partial charge on any atom is -0.497 e. The quantitative estimate of drug-likeness (QED) is 0.810. The van der Waals surface area contributed by atoms with Gasteiger partial charge in [-0.3, -0.25) is 4.90 Å². The minimum atomic E-state index is -0.250. The van der Waals surface area contributed by atoms with E-state index in [2.05, 4.69) is 15.0 Å². The van der Waals surface area contributed by atoms with Crippen molar-refractivity contribution in [2.45, 2.75) is 26.4 Å². The number of hydrogen-bond donors (Lipinski definition) is 0. The Morgan fingerprint density at radius 2 is 2.23 bits per heavy atom. The second kappa shape index (κ2) is 8.18. The SMILES string of the molecule is CCOC(=O)N1CCN(Cc2noc(-c3cccc(OC)c3)n2)C[C@H]1C. The first-order valence-corrected chi connectivity index (χ1v) is 8.73. The molecule has 0 saturated carbocycles. The van der Waals surface area contributed by atoms with Crippen molar-refractivity contribution < 1.29 is 18.8 Å². The molecule has 2 heterocycles. The predicted molar refractivity (Wildman–Crippen MR) is 94.8 cm³/mol. The van der Waals surface area contributed by atoms with E-state index in [4.69, 9.17) is 14.0 Å². The van der Waals surface area contributed by atoms with Crippen LogP contribution in [-0.2, 0) is 11.3 Å². The van der Waals surface area contributed by atoms with E-state index in [9.17, 15) is 4.79 Å². The Labute approximate surface area is 152 Å². The van der Waals surface area contributed by atoms with Gasteiger partial charge in [-0.1, -0.05) is 11.2 Å². The highest BCUT2D eigenvalue weighted by Gasteiger charge is 2.29. The molecule has 0 radical (unpaired) electrons. The summed E-state index contributed by atoms with van der Waals surface area (Å²) in [5, 5.41) is 4.08. The van der Waals surface area contributed by atoms with Gasteiger partial charge in [-0.15, -0.1) is 0 Å². The van der Waals surface area contributed by atoms with Gasteiger partial charge in [-0.2, -0.15) is 4.98 Å². The van der Waals surface area contributed by atoms with E-state index >= 15 is 0 Å². The zero-order valence-corrected chi connectivity index (χ0v) is 15.3. The number of nitrogens with zero attached hydrogens (tertiary/aromatic N) is 4. The molecule has 140 valence electrons. The zero-order chi connectivity index (χ0) is 18.5. The predicted octanol–water partition coefficient (Wildman–Crippen LogP) is 2.41. The van der Waals surface area contributed by atoms with E-state index in [1.165, 1.54) is 0 Å². The molecule has 3 rings (SSSR count). The van der Waals surface area contributed by atoms with Crippen LogP contribution in [-0.4, -0.2) is 65.4 Å². The molecule has 1 aromatic heterocycles. The van der Waals surface area contributed by atoms with Gasteiger partial charge in [0.25, 0.3) is 5.89 Å². The van der Waals surface area contributed by atoms with Crippen LogP contribution in [0.4, 0.5) is 4.79 Å². The normalized spacial score (nSPS) is 18.0. The third kappa shape index (κ3) is 4.13. The van der Waals surface area contributed by atoms with Crippen LogP contribution < -0.4 is 4.74 Å². The van der Waals surface area contributed by atoms with E-state index in [0.29, 0.717) is 31.4 Å². The number of carbonyl (C=O) groups is 1. The monoisotopic (exact) mass is 360 g/mol. The van der Waals surface area contributed by atoms with E-state index in [1.807, 2.05) is 38.1 Å². The fourth-order valence-electron chi connectivity index (χ4n) is 3.05. The van der Waals surface area contributed by atoms with Crippen molar-refractivity contribution in [3.05, 3.63) is 30.1 Å². The van der Waals surface area contributed by atoms with Crippen LogP contribution in [0.15, 0.2) is 28.8 Å². The molecule has 2 aromatic rings. The summed E-state index contributed by atoms with van der Waals surface area (Å²) >= 11 is 0. The first-order valence-electron chi connectivity index (χ1n) is 8.73. The molecule has 1 aliphatic rings. The molecule has 1 aliphatic heterocycles. The third-order valence-corrected chi connectivity index (χ3v) is 4.36. The van der Waals surface area contributed by atoms with Gasteiger partial charge < -0.3 is 18.9 Å². The number of amides is 1. The Morgan fingerprint density at radius 1 is 1.38 bits per heavy atom. The van der Waals surface area contributed by atoms with Crippen molar-refractivity contribution in [3.63, 3.8) is 0 Å². The van der Waals surface area contributed by atoms with Crippen LogP contribution in [0.25, 0.3) is 11.5 Å². The molecule has 1 saturated heterocycles. The number of carbonyl (C=O) groups excluding carboxylic acids is 1. The van der Waals surface area contributed by atoms with E-state index < -0.39 is 0 Å². The number of aromatic nitrogens is 2. The van der Waals surface area contributed by atoms with Gasteiger partial charge in [0.2, 0.25) is 0 Å². The summed E-state index contributed by atoms with van der Waals surface area (Å²) in [6.07, 6.45) is -0.250. The Balaban J connectivity index is 1.60. The Hall–Kier alpha value is -2.61. The van der Waals surface area contributed by atoms with E-state index in [0.717, 1.165) is 24.4 Å². The zero-order valence-electron chi connectivity index (χ0n) is 15.3. The van der Waals surface area contributed by atoms with Crippen LogP contribution in [0.2, 0.25) is 0 Å². The molecular formula is C18H24N4O4. The highest BCUT2D eigenvalue weighted by molar-refractivity contribution is 5.68. The highest BCUT2D eigenvalue weighted by Crippen LogP contribution is 2.22. The summed E-state index contributed by atoms with van der Waals surface area (Å²) in [6, 6.07) is 7.59. The summed E-state index contributed by atoms with van der Waals surface area (Å²) in [7, 11) is 1.62. The fraction of sp³-hybridized carbons (Fsp3) is 0.500. The molecule has 0 unspecified atom stereocenters. The summed E-state index contributed by atoms with van der Waals surface area (Å²) in [5.41, 5.74) is 0.823. The fourth-order valence-corrected chi connectivity index (χ4v) is 3.05. The first kappa shape index (κ1) is 18.2. The van der Waals surface area contributed by atoms with Crippen molar-refractivity contribution >= 4 is 6.09 Å². The largest absolute Gasteiger partial charge is 0.497 e. The van der Waals surface area contributed by atoms with Gasteiger partial charge in [0.05, 0.1) is 20.3 Å². The standard InChI is InChI=1S/C18H24N4O4/c1-4-25-18(23)22-9-8-21(11-13(22)2)12-16-19-17(26-20-16)14-6-5-7-15(10-14)24-3/h5-7,10,13H,4,8-9,11-12H2,1-3H3/t13-/m1/s1. The first-order chi connectivity index (χ1) is 12.6. The molecule has 0 N–H and O–H groups in total. The van der Waals surface area contributed by atoms with Crippen LogP contribution in [0.3, 0.4) is 0 Å². The second-order valence-corrected chi connectivity index (χ2v) is 6.22. The van der Waals surface area contributed by atoms with Gasteiger partial charge in [0, 0.05) is 31.2 Å². The number of piperazine rings is 1. The van der Waals surface area contributed by atoms with Crippen LogP contribution in [0.1, 0.15) is 19.7 Å². The average molecular weight is 360 g/mol. The lowest BCUT2D eigenvalue weighted by atomic mass is 10.2. The maximum atomic E-state index is 11.9. The van der Waals surface area contributed by atoms with Crippen molar-refractivity contribution in [2.75, 3.05) is 33.4 Å². The van der Waals surface area contributed by atoms with Gasteiger partial charge >= 0.3 is 6.09 Å². The highest BCUT2D eigenvalue weighted by atomic mass is 16.6. The summed E-state index contributed by atoms with van der Waals surface area (Å²) < 4.78 is 15.7. The molecule has 0 spiro atoms. The minimum absolute atomic E-state index is 0.0764. The number of methoxy groups -OCH3 is 1. The Bertz CT molecular complexity index is 748. The lowest BCUT2D eigenvalue weighted by molar-refractivity contribution is 0.0510. The smallest absolute Gasteiger partial charge is 0.410 e. The van der Waals surface area contributed by atoms with Gasteiger partial charge in [0.1, 0.15) is 5.75 Å². The molecule has 0 bridgehead atoms. The van der Waals surface area contributed by atoms with Crippen molar-refractivity contribution in [1.29, 1.82) is 0 Å². The Kier molecular flexibility index (Phi) is 5.72. The number of ether oxygens (including phenoxy) is 2. The van der Waals surface area contributed by atoms with Crippen molar-refractivity contribution in [2.24, 2.45) is 0 Å². The van der Waals surface area contributed by atoms with Gasteiger partial charge in [0.15, 0.2) is 5.82 Å². The van der Waals surface area contributed by atoms with Gasteiger partial charge in [-0.05, 0) is 32.0 Å². The summed E-state index contributed by atoms with van der Waals surface area (Å²) in [6.45, 7) is 6.90. The molecular weight excluding hydrogens is 336 g/mol.